The molecule has 2 atom stereocenters. The monoisotopic (exact) mass is 502 g/mol. The lowest BCUT2D eigenvalue weighted by atomic mass is 10.1. The van der Waals surface area contributed by atoms with Crippen molar-refractivity contribution in [1.29, 1.82) is 0 Å². The topological polar surface area (TPSA) is 101 Å². The van der Waals surface area contributed by atoms with E-state index in [0.29, 0.717) is 17.0 Å². The van der Waals surface area contributed by atoms with Gasteiger partial charge in [-0.1, -0.05) is 36.4 Å². The number of aromatic nitrogens is 1. The van der Waals surface area contributed by atoms with Crippen molar-refractivity contribution in [3.8, 4) is 0 Å². The van der Waals surface area contributed by atoms with Crippen LogP contribution in [-0.4, -0.2) is 45.6 Å². The van der Waals surface area contributed by atoms with E-state index >= 15 is 0 Å². The summed E-state index contributed by atoms with van der Waals surface area (Å²) in [6, 6.07) is 19.4. The van der Waals surface area contributed by atoms with Gasteiger partial charge in [0.25, 0.3) is 5.91 Å². The Hall–Kier alpha value is -3.85. The van der Waals surface area contributed by atoms with Gasteiger partial charge in [-0.3, -0.25) is 19.5 Å². The number of benzene rings is 2. The van der Waals surface area contributed by atoms with E-state index in [1.54, 1.807) is 42.7 Å². The summed E-state index contributed by atoms with van der Waals surface area (Å²) in [5.74, 6) is -0.0248. The Labute approximate surface area is 213 Å². The third kappa shape index (κ3) is 5.68. The number of hydrogen-bond donors (Lipinski definition) is 2. The summed E-state index contributed by atoms with van der Waals surface area (Å²) < 4.78 is 5.60. The van der Waals surface area contributed by atoms with Crippen molar-refractivity contribution >= 4 is 35.4 Å². The zero-order valence-electron chi connectivity index (χ0n) is 19.5. The van der Waals surface area contributed by atoms with Crippen molar-refractivity contribution in [2.24, 2.45) is 0 Å². The minimum absolute atomic E-state index is 0.110. The Bertz CT molecular complexity index is 1220. The molecule has 2 unspecified atom stereocenters. The Morgan fingerprint density at radius 3 is 2.47 bits per heavy atom. The van der Waals surface area contributed by atoms with E-state index in [-0.39, 0.29) is 24.5 Å². The van der Waals surface area contributed by atoms with Crippen LogP contribution in [0, 0.1) is 0 Å². The van der Waals surface area contributed by atoms with Crippen molar-refractivity contribution in [1.82, 2.24) is 15.2 Å². The number of pyridine rings is 1. The van der Waals surface area contributed by atoms with Crippen molar-refractivity contribution in [2.75, 3.05) is 11.1 Å². The first-order valence-electron chi connectivity index (χ1n) is 11.8. The van der Waals surface area contributed by atoms with E-state index in [4.69, 9.17) is 4.74 Å². The summed E-state index contributed by atoms with van der Waals surface area (Å²) in [5.41, 5.74) is 2.78. The average Bonchev–Trinajstić information content (AvgIpc) is 3.62. The number of thioether (sulfide) groups is 1. The Morgan fingerprint density at radius 1 is 1.00 bits per heavy atom. The molecule has 1 saturated heterocycles. The fraction of sp³-hybridized carbons (Fsp3) is 0.259. The predicted octanol–water partition coefficient (Wildman–Crippen LogP) is 4.37. The molecule has 3 amide bonds. The third-order valence-corrected chi connectivity index (χ3v) is 7.34. The minimum Gasteiger partial charge on any atom is -0.444 e. The van der Waals surface area contributed by atoms with Crippen LogP contribution in [0.15, 0.2) is 79.1 Å². The zero-order chi connectivity index (χ0) is 24.9. The molecule has 3 aromatic rings. The first-order chi connectivity index (χ1) is 17.6. The summed E-state index contributed by atoms with van der Waals surface area (Å²) in [5, 5.41) is 5.43. The van der Waals surface area contributed by atoms with Crippen molar-refractivity contribution in [3.63, 3.8) is 0 Å². The molecule has 0 radical (unpaired) electrons. The molecule has 184 valence electrons. The van der Waals surface area contributed by atoms with Gasteiger partial charge in [0.2, 0.25) is 5.91 Å². The molecule has 2 heterocycles. The molecular formula is C27H26N4O4S. The summed E-state index contributed by atoms with van der Waals surface area (Å²) in [4.78, 5) is 44.4. The molecule has 1 aromatic heterocycles. The summed E-state index contributed by atoms with van der Waals surface area (Å²) in [7, 11) is 0. The maximum atomic E-state index is 13.3. The summed E-state index contributed by atoms with van der Waals surface area (Å²) in [6.45, 7) is 0.110. The van der Waals surface area contributed by atoms with Crippen LogP contribution in [0.25, 0.3) is 0 Å². The molecule has 5 rings (SSSR count). The number of anilines is 1. The lowest BCUT2D eigenvalue weighted by Gasteiger charge is -2.28. The second kappa shape index (κ2) is 10.8. The van der Waals surface area contributed by atoms with Crippen molar-refractivity contribution in [3.05, 3.63) is 95.8 Å². The van der Waals surface area contributed by atoms with E-state index in [9.17, 15) is 14.4 Å². The highest BCUT2D eigenvalue weighted by atomic mass is 32.2. The summed E-state index contributed by atoms with van der Waals surface area (Å²) >= 11 is 1.49. The molecule has 1 saturated carbocycles. The lowest BCUT2D eigenvalue weighted by molar-refractivity contribution is -0.120. The first kappa shape index (κ1) is 23.9. The van der Waals surface area contributed by atoms with Gasteiger partial charge >= 0.3 is 6.09 Å². The Kier molecular flexibility index (Phi) is 7.18. The fourth-order valence-corrected chi connectivity index (χ4v) is 5.33. The SMILES string of the molecule is O=C(NC1CC1)c1ccc(NC(=O)C2CSC(c3cccnc3)N2C(=O)OCc2ccccc2)cc1. The van der Waals surface area contributed by atoms with E-state index in [1.165, 1.54) is 16.7 Å². The highest BCUT2D eigenvalue weighted by molar-refractivity contribution is 7.99. The number of carbonyl (C=O) groups is 3. The smallest absolute Gasteiger partial charge is 0.412 e. The Balaban J connectivity index is 1.29. The van der Waals surface area contributed by atoms with Gasteiger partial charge < -0.3 is 15.4 Å². The van der Waals surface area contributed by atoms with E-state index in [1.807, 2.05) is 36.4 Å². The molecule has 0 spiro atoms. The second-order valence-corrected chi connectivity index (χ2v) is 9.86. The minimum atomic E-state index is -0.735. The second-order valence-electron chi connectivity index (χ2n) is 8.75. The fourth-order valence-electron chi connectivity index (χ4n) is 3.93. The van der Waals surface area contributed by atoms with Crippen LogP contribution in [0.3, 0.4) is 0 Å². The maximum absolute atomic E-state index is 13.3. The van der Waals surface area contributed by atoms with Crippen LogP contribution in [0.5, 0.6) is 0 Å². The van der Waals surface area contributed by atoms with Crippen LogP contribution < -0.4 is 10.6 Å². The van der Waals surface area contributed by atoms with Gasteiger partial charge in [0.15, 0.2) is 0 Å². The molecule has 0 bridgehead atoms. The van der Waals surface area contributed by atoms with Gasteiger partial charge in [0.1, 0.15) is 18.0 Å². The molecule has 2 fully saturated rings. The molecule has 9 heteroatoms. The average molecular weight is 503 g/mol. The number of amides is 3. The molecule has 36 heavy (non-hydrogen) atoms. The van der Waals surface area contributed by atoms with Crippen LogP contribution in [0.2, 0.25) is 0 Å². The number of carbonyl (C=O) groups excluding carboxylic acids is 3. The molecule has 2 aromatic carbocycles. The van der Waals surface area contributed by atoms with Crippen LogP contribution in [0.4, 0.5) is 10.5 Å². The van der Waals surface area contributed by atoms with Crippen LogP contribution >= 0.6 is 11.8 Å². The molecule has 8 nitrogen and oxygen atoms in total. The predicted molar refractivity (Wildman–Crippen MR) is 137 cm³/mol. The molecule has 1 aliphatic heterocycles. The largest absolute Gasteiger partial charge is 0.444 e. The molecule has 2 aliphatic rings. The first-order valence-corrected chi connectivity index (χ1v) is 12.9. The standard InChI is InChI=1S/C27H26N4O4S/c32-24(29-22-12-13-22)19-8-10-21(11-9-19)30-25(33)23-17-36-26(20-7-4-14-28-15-20)31(23)27(34)35-16-18-5-2-1-3-6-18/h1-11,14-15,22-23,26H,12-13,16-17H2,(H,29,32)(H,30,33). The van der Waals surface area contributed by atoms with E-state index in [2.05, 4.69) is 15.6 Å². The highest BCUT2D eigenvalue weighted by Crippen LogP contribution is 2.42. The normalized spacial score (nSPS) is 18.9. The number of ether oxygens (including phenoxy) is 1. The Morgan fingerprint density at radius 2 is 1.78 bits per heavy atom. The van der Waals surface area contributed by atoms with Gasteiger partial charge in [0.05, 0.1) is 0 Å². The van der Waals surface area contributed by atoms with E-state index in [0.717, 1.165) is 24.0 Å². The van der Waals surface area contributed by atoms with Gasteiger partial charge in [-0.2, -0.15) is 0 Å². The van der Waals surface area contributed by atoms with Crippen molar-refractivity contribution in [2.45, 2.75) is 36.9 Å². The molecule has 2 N–H and O–H groups in total. The number of nitrogens with zero attached hydrogens (tertiary/aromatic N) is 2. The molecular weight excluding hydrogens is 476 g/mol. The van der Waals surface area contributed by atoms with Gasteiger partial charge in [0, 0.05) is 41.0 Å². The lowest BCUT2D eigenvalue weighted by Crippen LogP contribution is -2.45. The quantitative estimate of drug-likeness (QED) is 0.498. The van der Waals surface area contributed by atoms with Gasteiger partial charge in [-0.15, -0.1) is 11.8 Å². The van der Waals surface area contributed by atoms with Gasteiger partial charge in [-0.25, -0.2) is 4.79 Å². The maximum Gasteiger partial charge on any atom is 0.412 e. The van der Waals surface area contributed by atoms with Gasteiger partial charge in [-0.05, 0) is 48.7 Å². The third-order valence-electron chi connectivity index (χ3n) is 6.02. The number of nitrogens with one attached hydrogen (secondary N) is 2. The number of rotatable bonds is 7. The zero-order valence-corrected chi connectivity index (χ0v) is 20.3. The van der Waals surface area contributed by atoms with Crippen molar-refractivity contribution < 1.29 is 19.1 Å². The number of hydrogen-bond acceptors (Lipinski definition) is 6. The van der Waals surface area contributed by atoms with E-state index < -0.39 is 17.5 Å². The highest BCUT2D eigenvalue weighted by Gasteiger charge is 2.43. The molecule has 1 aliphatic carbocycles. The summed E-state index contributed by atoms with van der Waals surface area (Å²) in [6.07, 6.45) is 4.83. The van der Waals surface area contributed by atoms with Crippen LogP contribution in [0.1, 0.15) is 39.7 Å². The van der Waals surface area contributed by atoms with Crippen LogP contribution in [-0.2, 0) is 16.1 Å².